The molecule has 34 heavy (non-hydrogen) atoms. The highest BCUT2D eigenvalue weighted by atomic mass is 35.5. The second-order valence-electron chi connectivity index (χ2n) is 7.49. The minimum Gasteiger partial charge on any atom is -0.465 e. The zero-order valence-corrected chi connectivity index (χ0v) is 21.0. The van der Waals surface area contributed by atoms with Gasteiger partial charge in [0.25, 0.3) is 10.0 Å². The number of nitrogens with zero attached hydrogens (tertiary/aromatic N) is 1. The smallest absolute Gasteiger partial charge is 0.337 e. The van der Waals surface area contributed by atoms with E-state index < -0.39 is 28.4 Å². The first-order chi connectivity index (χ1) is 16.0. The van der Waals surface area contributed by atoms with Gasteiger partial charge in [0, 0.05) is 5.02 Å². The van der Waals surface area contributed by atoms with E-state index in [9.17, 15) is 18.0 Å². The number of sulfonamides is 1. The molecule has 0 unspecified atom stereocenters. The van der Waals surface area contributed by atoms with E-state index in [0.717, 1.165) is 9.87 Å². The quantitative estimate of drug-likeness (QED) is 0.430. The Morgan fingerprint density at radius 2 is 1.65 bits per heavy atom. The number of benzene rings is 3. The largest absolute Gasteiger partial charge is 0.465 e. The van der Waals surface area contributed by atoms with E-state index in [1.54, 1.807) is 31.2 Å². The van der Waals surface area contributed by atoms with Gasteiger partial charge in [0.2, 0.25) is 5.91 Å². The van der Waals surface area contributed by atoms with E-state index >= 15 is 0 Å². The summed E-state index contributed by atoms with van der Waals surface area (Å²) in [6, 6.07) is 15.3. The summed E-state index contributed by atoms with van der Waals surface area (Å²) < 4.78 is 32.8. The van der Waals surface area contributed by atoms with Crippen LogP contribution in [0.2, 0.25) is 10.0 Å². The van der Waals surface area contributed by atoms with Gasteiger partial charge in [-0.3, -0.25) is 9.10 Å². The SMILES string of the molecule is COC(=O)c1ccc(Cl)c(NC(=O)CN(c2cc(Cl)ccc2C)S(=O)(=O)c2ccc(C)cc2)c1. The number of nitrogens with one attached hydrogen (secondary N) is 1. The summed E-state index contributed by atoms with van der Waals surface area (Å²) in [5.41, 5.74) is 2.08. The third-order valence-electron chi connectivity index (χ3n) is 5.00. The molecule has 7 nitrogen and oxygen atoms in total. The number of hydrogen-bond donors (Lipinski definition) is 1. The summed E-state index contributed by atoms with van der Waals surface area (Å²) >= 11 is 12.3. The van der Waals surface area contributed by atoms with Crippen LogP contribution in [-0.2, 0) is 19.6 Å². The van der Waals surface area contributed by atoms with Gasteiger partial charge in [-0.05, 0) is 61.9 Å². The van der Waals surface area contributed by atoms with Gasteiger partial charge in [0.05, 0.1) is 34.0 Å². The number of rotatable bonds is 7. The van der Waals surface area contributed by atoms with Crippen molar-refractivity contribution in [1.82, 2.24) is 0 Å². The minimum atomic E-state index is -4.13. The lowest BCUT2D eigenvalue weighted by molar-refractivity contribution is -0.114. The molecule has 0 fully saturated rings. The molecular weight excluding hydrogens is 499 g/mol. The van der Waals surface area contributed by atoms with Crippen LogP contribution < -0.4 is 9.62 Å². The summed E-state index contributed by atoms with van der Waals surface area (Å²) in [6.45, 7) is 3.00. The lowest BCUT2D eigenvalue weighted by Crippen LogP contribution is -2.38. The summed E-state index contributed by atoms with van der Waals surface area (Å²) in [7, 11) is -2.89. The van der Waals surface area contributed by atoms with Gasteiger partial charge in [-0.1, -0.05) is 47.0 Å². The number of ether oxygens (including phenoxy) is 1. The van der Waals surface area contributed by atoms with E-state index in [1.807, 2.05) is 6.92 Å². The second kappa shape index (κ2) is 10.5. The first-order valence-electron chi connectivity index (χ1n) is 10.1. The van der Waals surface area contributed by atoms with Gasteiger partial charge in [-0.2, -0.15) is 0 Å². The minimum absolute atomic E-state index is 0.0241. The normalized spacial score (nSPS) is 11.1. The highest BCUT2D eigenvalue weighted by Crippen LogP contribution is 2.30. The molecule has 0 aromatic heterocycles. The standard InChI is InChI=1S/C24H22Cl2N2O5S/c1-15-4-9-19(10-5-15)34(31,32)28(22-13-18(25)8-6-16(22)2)14-23(29)27-21-12-17(24(30)33-3)7-11-20(21)26/h4-13H,14H2,1-3H3,(H,27,29). The summed E-state index contributed by atoms with van der Waals surface area (Å²) in [5, 5.41) is 3.07. The number of aryl methyl sites for hydroxylation is 2. The maximum atomic E-state index is 13.6. The zero-order chi connectivity index (χ0) is 25.0. The number of carbonyl (C=O) groups excluding carboxylic acids is 2. The van der Waals surface area contributed by atoms with Crippen molar-refractivity contribution >= 4 is 56.5 Å². The van der Waals surface area contributed by atoms with E-state index in [0.29, 0.717) is 10.6 Å². The highest BCUT2D eigenvalue weighted by Gasteiger charge is 2.29. The number of anilines is 2. The Morgan fingerprint density at radius 1 is 0.971 bits per heavy atom. The molecule has 1 N–H and O–H groups in total. The fraction of sp³-hybridized carbons (Fsp3) is 0.167. The average Bonchev–Trinajstić information content (AvgIpc) is 2.80. The monoisotopic (exact) mass is 520 g/mol. The average molecular weight is 521 g/mol. The van der Waals surface area contributed by atoms with Crippen LogP contribution >= 0.6 is 23.2 Å². The van der Waals surface area contributed by atoms with Crippen LogP contribution in [0.1, 0.15) is 21.5 Å². The van der Waals surface area contributed by atoms with Crippen molar-refractivity contribution in [3.63, 3.8) is 0 Å². The number of methoxy groups -OCH3 is 1. The van der Waals surface area contributed by atoms with Crippen LogP contribution in [0.25, 0.3) is 0 Å². The van der Waals surface area contributed by atoms with Crippen LogP contribution in [0.4, 0.5) is 11.4 Å². The van der Waals surface area contributed by atoms with Crippen LogP contribution in [0, 0.1) is 13.8 Å². The topological polar surface area (TPSA) is 92.8 Å². The predicted molar refractivity (Wildman–Crippen MR) is 133 cm³/mol. The summed E-state index contributed by atoms with van der Waals surface area (Å²) in [4.78, 5) is 24.9. The Morgan fingerprint density at radius 3 is 2.29 bits per heavy atom. The number of carbonyl (C=O) groups is 2. The van der Waals surface area contributed by atoms with Gasteiger partial charge < -0.3 is 10.1 Å². The maximum Gasteiger partial charge on any atom is 0.337 e. The molecule has 0 atom stereocenters. The molecule has 0 aliphatic rings. The van der Waals surface area contributed by atoms with Crippen LogP contribution in [0.5, 0.6) is 0 Å². The van der Waals surface area contributed by atoms with Gasteiger partial charge in [-0.25, -0.2) is 13.2 Å². The molecule has 3 rings (SSSR count). The summed E-state index contributed by atoms with van der Waals surface area (Å²) in [5.74, 6) is -1.27. The fourth-order valence-electron chi connectivity index (χ4n) is 3.17. The summed E-state index contributed by atoms with van der Waals surface area (Å²) in [6.07, 6.45) is 0. The van der Waals surface area contributed by atoms with E-state index in [1.165, 1.54) is 43.5 Å². The molecule has 0 spiro atoms. The van der Waals surface area contributed by atoms with Crippen molar-refractivity contribution in [1.29, 1.82) is 0 Å². The fourth-order valence-corrected chi connectivity index (χ4v) is 4.98. The zero-order valence-electron chi connectivity index (χ0n) is 18.6. The van der Waals surface area contributed by atoms with Gasteiger partial charge in [0.15, 0.2) is 0 Å². The van der Waals surface area contributed by atoms with Crippen LogP contribution in [-0.4, -0.2) is 33.9 Å². The second-order valence-corrected chi connectivity index (χ2v) is 10.2. The molecule has 0 aliphatic carbocycles. The molecule has 0 radical (unpaired) electrons. The van der Waals surface area contributed by atoms with Crippen molar-refractivity contribution in [2.45, 2.75) is 18.7 Å². The third kappa shape index (κ3) is 5.70. The van der Waals surface area contributed by atoms with E-state index in [-0.39, 0.29) is 26.9 Å². The Kier molecular flexibility index (Phi) is 7.86. The number of halogens is 2. The first-order valence-corrected chi connectivity index (χ1v) is 12.3. The Bertz CT molecular complexity index is 1340. The molecule has 0 aliphatic heterocycles. The Balaban J connectivity index is 2.00. The molecule has 0 bridgehead atoms. The molecule has 0 saturated heterocycles. The lowest BCUT2D eigenvalue weighted by Gasteiger charge is -2.26. The van der Waals surface area contributed by atoms with Gasteiger partial charge in [-0.15, -0.1) is 0 Å². The first kappa shape index (κ1) is 25.6. The van der Waals surface area contributed by atoms with Crippen molar-refractivity contribution in [3.8, 4) is 0 Å². The van der Waals surface area contributed by atoms with Crippen LogP contribution in [0.3, 0.4) is 0 Å². The number of hydrogen-bond acceptors (Lipinski definition) is 5. The Labute approximate surface area is 208 Å². The van der Waals surface area contributed by atoms with Crippen molar-refractivity contribution in [2.24, 2.45) is 0 Å². The van der Waals surface area contributed by atoms with Crippen molar-refractivity contribution < 1.29 is 22.7 Å². The lowest BCUT2D eigenvalue weighted by atomic mass is 10.2. The van der Waals surface area contributed by atoms with Crippen molar-refractivity contribution in [2.75, 3.05) is 23.3 Å². The molecule has 178 valence electrons. The molecule has 1 amide bonds. The molecule has 0 heterocycles. The third-order valence-corrected chi connectivity index (χ3v) is 7.34. The molecule has 3 aromatic carbocycles. The van der Waals surface area contributed by atoms with Gasteiger partial charge in [0.1, 0.15) is 6.54 Å². The van der Waals surface area contributed by atoms with Crippen molar-refractivity contribution in [3.05, 3.63) is 87.4 Å². The molecular formula is C24H22Cl2N2O5S. The van der Waals surface area contributed by atoms with Crippen LogP contribution in [0.15, 0.2) is 65.6 Å². The predicted octanol–water partition coefficient (Wildman–Crippen LogP) is 5.23. The highest BCUT2D eigenvalue weighted by molar-refractivity contribution is 7.92. The van der Waals surface area contributed by atoms with E-state index in [2.05, 4.69) is 5.32 Å². The maximum absolute atomic E-state index is 13.6. The molecule has 10 heteroatoms. The Hall–Kier alpha value is -3.07. The molecule has 3 aromatic rings. The van der Waals surface area contributed by atoms with Gasteiger partial charge >= 0.3 is 5.97 Å². The molecule has 0 saturated carbocycles. The number of esters is 1. The number of amides is 1. The van der Waals surface area contributed by atoms with E-state index in [4.69, 9.17) is 27.9 Å².